The second-order valence-corrected chi connectivity index (χ2v) is 8.44. The van der Waals surface area contributed by atoms with Gasteiger partial charge < -0.3 is 19.7 Å². The summed E-state index contributed by atoms with van der Waals surface area (Å²) in [4.78, 5) is 10.2. The van der Waals surface area contributed by atoms with Crippen molar-refractivity contribution in [3.63, 3.8) is 0 Å². The van der Waals surface area contributed by atoms with E-state index in [1.165, 1.54) is 69.6 Å². The Morgan fingerprint density at radius 2 is 1.52 bits per heavy atom. The van der Waals surface area contributed by atoms with Crippen LogP contribution >= 0.6 is 0 Å². The summed E-state index contributed by atoms with van der Waals surface area (Å²) >= 11 is 0. The molecule has 0 aliphatic carbocycles. The molecule has 3 rings (SSSR count). The molecule has 0 fully saturated rings. The van der Waals surface area contributed by atoms with Crippen molar-refractivity contribution in [2.24, 2.45) is 0 Å². The van der Waals surface area contributed by atoms with Gasteiger partial charge in [0.2, 0.25) is 0 Å². The molecule has 0 saturated carbocycles. The number of hydrogen-bond donors (Lipinski definition) is 3. The van der Waals surface area contributed by atoms with Crippen molar-refractivity contribution in [1.82, 2.24) is 15.0 Å². The summed E-state index contributed by atoms with van der Waals surface area (Å²) in [6, 6.07) is 10.3. The minimum Gasteiger partial charge on any atom is -0.494 e. The van der Waals surface area contributed by atoms with Crippen LogP contribution in [0.15, 0.2) is 36.5 Å². The maximum atomic E-state index is 5.55. The number of H-pyrrole nitrogens is 3. The summed E-state index contributed by atoms with van der Waals surface area (Å²) in [5, 5.41) is 2.27. The zero-order chi connectivity index (χ0) is 21.7. The first-order valence-corrected chi connectivity index (χ1v) is 12.1. The molecule has 31 heavy (non-hydrogen) atoms. The predicted molar refractivity (Wildman–Crippen MR) is 132 cm³/mol. The van der Waals surface area contributed by atoms with Crippen LogP contribution in [0.2, 0.25) is 0 Å². The van der Waals surface area contributed by atoms with Crippen LogP contribution in [0.4, 0.5) is 0 Å². The van der Waals surface area contributed by atoms with Crippen molar-refractivity contribution < 1.29 is 4.74 Å². The summed E-state index contributed by atoms with van der Waals surface area (Å²) in [5.74, 6) is 0.843. The van der Waals surface area contributed by atoms with Gasteiger partial charge in [-0.3, -0.25) is 0 Å². The van der Waals surface area contributed by atoms with Crippen LogP contribution in [0.3, 0.4) is 0 Å². The molecule has 4 heteroatoms. The van der Waals surface area contributed by atoms with E-state index in [2.05, 4.69) is 46.2 Å². The molecule has 0 aliphatic heterocycles. The Labute approximate surface area is 186 Å². The molecule has 3 aromatic rings. The van der Waals surface area contributed by atoms with Gasteiger partial charge in [-0.05, 0) is 43.2 Å². The number of nitrogens with one attached hydrogen (secondary N) is 3. The minimum absolute atomic E-state index is 0.843. The summed E-state index contributed by atoms with van der Waals surface area (Å²) in [5.41, 5.74) is 3.04. The SMILES string of the molecule is CCCCCCCCCCCCC=c1ccc(=Cc2[nH]c(-c3ccc[nH]3)cc2OC)[nH]1. The third-order valence-corrected chi connectivity index (χ3v) is 5.87. The molecule has 3 N–H and O–H groups in total. The Bertz CT molecular complexity index is 978. The lowest BCUT2D eigenvalue weighted by molar-refractivity contribution is 0.414. The Morgan fingerprint density at radius 1 is 0.806 bits per heavy atom. The standard InChI is InChI=1S/C27H39N3O/c1-3-4-5-6-7-8-9-10-11-12-13-15-22-17-18-23(29-22)20-26-27(31-2)21-25(30-26)24-16-14-19-28-24/h14-21,28-30H,3-13H2,1-2H3. The molecule has 0 atom stereocenters. The van der Waals surface area contributed by atoms with Crippen LogP contribution in [0.25, 0.3) is 23.5 Å². The Balaban J connectivity index is 1.45. The van der Waals surface area contributed by atoms with Gasteiger partial charge >= 0.3 is 0 Å². The molecule has 0 spiro atoms. The third-order valence-electron chi connectivity index (χ3n) is 5.87. The molecule has 0 amide bonds. The smallest absolute Gasteiger partial charge is 0.144 e. The quantitative estimate of drug-likeness (QED) is 0.264. The van der Waals surface area contributed by atoms with Crippen LogP contribution in [-0.4, -0.2) is 22.1 Å². The molecule has 0 aliphatic rings. The van der Waals surface area contributed by atoms with Gasteiger partial charge in [0.25, 0.3) is 0 Å². The maximum absolute atomic E-state index is 5.55. The molecule has 0 aromatic carbocycles. The highest BCUT2D eigenvalue weighted by Crippen LogP contribution is 2.26. The molecule has 0 unspecified atom stereocenters. The topological polar surface area (TPSA) is 56.6 Å². The highest BCUT2D eigenvalue weighted by Gasteiger charge is 2.08. The van der Waals surface area contributed by atoms with E-state index in [9.17, 15) is 0 Å². The van der Waals surface area contributed by atoms with E-state index < -0.39 is 0 Å². The van der Waals surface area contributed by atoms with Crippen LogP contribution in [0.1, 0.15) is 83.2 Å². The van der Waals surface area contributed by atoms with Gasteiger partial charge in [-0.15, -0.1) is 0 Å². The van der Waals surface area contributed by atoms with Gasteiger partial charge in [0.1, 0.15) is 5.75 Å². The summed E-state index contributed by atoms with van der Waals surface area (Å²) in [6.45, 7) is 2.28. The fourth-order valence-corrected chi connectivity index (χ4v) is 4.05. The average molecular weight is 422 g/mol. The Hall–Kier alpha value is -2.62. The monoisotopic (exact) mass is 421 g/mol. The number of methoxy groups -OCH3 is 1. The number of unbranched alkanes of at least 4 members (excludes halogenated alkanes) is 10. The fraction of sp³-hybridized carbons (Fsp3) is 0.481. The zero-order valence-electron chi connectivity index (χ0n) is 19.3. The lowest BCUT2D eigenvalue weighted by Gasteiger charge is -2.01. The van der Waals surface area contributed by atoms with Crippen molar-refractivity contribution in [1.29, 1.82) is 0 Å². The normalized spacial score (nSPS) is 12.7. The molecule has 0 bridgehead atoms. The second-order valence-electron chi connectivity index (χ2n) is 8.44. The molecular formula is C27H39N3O. The third kappa shape index (κ3) is 7.54. The second kappa shape index (κ2) is 12.9. The molecular weight excluding hydrogens is 382 g/mol. The van der Waals surface area contributed by atoms with Crippen LogP contribution < -0.4 is 15.4 Å². The van der Waals surface area contributed by atoms with E-state index in [-0.39, 0.29) is 0 Å². The molecule has 3 aromatic heterocycles. The number of aromatic amines is 3. The fourth-order valence-electron chi connectivity index (χ4n) is 4.05. The van der Waals surface area contributed by atoms with E-state index in [4.69, 9.17) is 4.74 Å². The highest BCUT2D eigenvalue weighted by molar-refractivity contribution is 5.65. The van der Waals surface area contributed by atoms with Crippen molar-refractivity contribution in [2.75, 3.05) is 7.11 Å². The van der Waals surface area contributed by atoms with E-state index in [0.29, 0.717) is 0 Å². The number of aromatic nitrogens is 3. The number of ether oxygens (including phenoxy) is 1. The first-order valence-electron chi connectivity index (χ1n) is 12.1. The minimum atomic E-state index is 0.843. The first kappa shape index (κ1) is 23.1. The molecule has 0 radical (unpaired) electrons. The number of rotatable bonds is 14. The van der Waals surface area contributed by atoms with E-state index in [1.54, 1.807) is 7.11 Å². The average Bonchev–Trinajstić information content (AvgIpc) is 3.53. The van der Waals surface area contributed by atoms with Gasteiger partial charge in [-0.25, -0.2) is 0 Å². The van der Waals surface area contributed by atoms with Crippen LogP contribution in [0, 0.1) is 0 Å². The van der Waals surface area contributed by atoms with Crippen LogP contribution in [0.5, 0.6) is 5.75 Å². The molecule has 168 valence electrons. The van der Waals surface area contributed by atoms with Crippen molar-refractivity contribution >= 4 is 12.2 Å². The first-order chi connectivity index (χ1) is 15.3. The largest absolute Gasteiger partial charge is 0.494 e. The Kier molecular flexibility index (Phi) is 9.62. The van der Waals surface area contributed by atoms with Gasteiger partial charge in [-0.1, -0.05) is 70.8 Å². The molecule has 3 heterocycles. The van der Waals surface area contributed by atoms with Crippen molar-refractivity contribution in [2.45, 2.75) is 77.6 Å². The number of hydrogen-bond acceptors (Lipinski definition) is 1. The van der Waals surface area contributed by atoms with E-state index in [0.717, 1.165) is 34.6 Å². The van der Waals surface area contributed by atoms with Crippen molar-refractivity contribution in [3.8, 4) is 17.1 Å². The zero-order valence-corrected chi connectivity index (χ0v) is 19.3. The highest BCUT2D eigenvalue weighted by atomic mass is 16.5. The van der Waals surface area contributed by atoms with E-state index >= 15 is 0 Å². The summed E-state index contributed by atoms with van der Waals surface area (Å²) in [7, 11) is 1.71. The van der Waals surface area contributed by atoms with E-state index in [1.807, 2.05) is 24.4 Å². The van der Waals surface area contributed by atoms with Gasteiger partial charge in [0.15, 0.2) is 0 Å². The van der Waals surface area contributed by atoms with Gasteiger partial charge in [-0.2, -0.15) is 0 Å². The lowest BCUT2D eigenvalue weighted by atomic mass is 10.1. The Morgan fingerprint density at radius 3 is 2.19 bits per heavy atom. The molecule has 0 saturated heterocycles. The molecule has 4 nitrogen and oxygen atoms in total. The van der Waals surface area contributed by atoms with Crippen molar-refractivity contribution in [3.05, 3.63) is 52.9 Å². The van der Waals surface area contributed by atoms with Gasteiger partial charge in [0, 0.05) is 23.0 Å². The van der Waals surface area contributed by atoms with Gasteiger partial charge in [0.05, 0.1) is 24.2 Å². The van der Waals surface area contributed by atoms with Crippen LogP contribution in [-0.2, 0) is 0 Å². The summed E-state index contributed by atoms with van der Waals surface area (Å²) in [6.07, 6.45) is 21.3. The summed E-state index contributed by atoms with van der Waals surface area (Å²) < 4.78 is 5.55. The maximum Gasteiger partial charge on any atom is 0.144 e. The predicted octanol–water partition coefficient (Wildman–Crippen LogP) is 6.27. The lowest BCUT2D eigenvalue weighted by Crippen LogP contribution is -2.09.